The number of methoxy groups -OCH3 is 1. The number of thiophene rings is 1. The molecule has 1 heterocycles. The fraction of sp³-hybridized carbons (Fsp3) is 0.286. The van der Waals surface area contributed by atoms with E-state index in [1.54, 1.807) is 31.4 Å². The van der Waals surface area contributed by atoms with Gasteiger partial charge in [-0.15, -0.1) is 11.3 Å². The molecule has 0 N–H and O–H groups in total. The van der Waals surface area contributed by atoms with Crippen LogP contribution in [-0.2, 0) is 16.6 Å². The Labute approximate surface area is 137 Å². The van der Waals surface area contributed by atoms with Gasteiger partial charge in [0.15, 0.2) is 0 Å². The SMILES string of the molecule is CCN(Cc1ccc(Br)s1)S(=O)(=O)c1ccc(OC)cc1. The summed E-state index contributed by atoms with van der Waals surface area (Å²) in [4.78, 5) is 1.28. The molecule has 0 saturated heterocycles. The van der Waals surface area contributed by atoms with E-state index in [2.05, 4.69) is 15.9 Å². The average molecular weight is 390 g/mol. The van der Waals surface area contributed by atoms with Crippen LogP contribution in [0.15, 0.2) is 45.1 Å². The highest BCUT2D eigenvalue weighted by molar-refractivity contribution is 9.11. The molecular formula is C14H16BrNO3S2. The Morgan fingerprint density at radius 3 is 2.33 bits per heavy atom. The van der Waals surface area contributed by atoms with Gasteiger partial charge in [0.05, 0.1) is 15.8 Å². The van der Waals surface area contributed by atoms with Gasteiger partial charge in [-0.2, -0.15) is 4.31 Å². The lowest BCUT2D eigenvalue weighted by atomic mass is 10.3. The third-order valence-electron chi connectivity index (χ3n) is 3.01. The Kier molecular flexibility index (Phi) is 5.43. The predicted octanol–water partition coefficient (Wildman–Crippen LogP) is 3.73. The number of nitrogens with zero attached hydrogens (tertiary/aromatic N) is 1. The summed E-state index contributed by atoms with van der Waals surface area (Å²) < 4.78 is 32.8. The lowest BCUT2D eigenvalue weighted by molar-refractivity contribution is 0.413. The van der Waals surface area contributed by atoms with E-state index in [1.807, 2.05) is 19.1 Å². The van der Waals surface area contributed by atoms with Crippen molar-refractivity contribution in [1.82, 2.24) is 4.31 Å². The zero-order valence-corrected chi connectivity index (χ0v) is 15.0. The average Bonchev–Trinajstić information content (AvgIpc) is 2.90. The number of hydrogen-bond donors (Lipinski definition) is 0. The van der Waals surface area contributed by atoms with Gasteiger partial charge < -0.3 is 4.74 Å². The smallest absolute Gasteiger partial charge is 0.243 e. The summed E-state index contributed by atoms with van der Waals surface area (Å²) in [6.45, 7) is 2.63. The van der Waals surface area contributed by atoms with Gasteiger partial charge in [-0.3, -0.25) is 0 Å². The number of rotatable bonds is 6. The molecule has 2 rings (SSSR count). The Morgan fingerprint density at radius 2 is 1.86 bits per heavy atom. The zero-order chi connectivity index (χ0) is 15.5. The number of benzene rings is 1. The molecule has 4 nitrogen and oxygen atoms in total. The number of sulfonamides is 1. The third kappa shape index (κ3) is 3.85. The van der Waals surface area contributed by atoms with Crippen LogP contribution in [0.4, 0.5) is 0 Å². The summed E-state index contributed by atoms with van der Waals surface area (Å²) >= 11 is 4.93. The molecule has 21 heavy (non-hydrogen) atoms. The molecule has 0 spiro atoms. The van der Waals surface area contributed by atoms with Gasteiger partial charge in [-0.1, -0.05) is 6.92 Å². The van der Waals surface area contributed by atoms with E-state index in [0.29, 0.717) is 18.8 Å². The van der Waals surface area contributed by atoms with Crippen LogP contribution in [0.2, 0.25) is 0 Å². The van der Waals surface area contributed by atoms with E-state index in [-0.39, 0.29) is 4.90 Å². The first-order valence-electron chi connectivity index (χ1n) is 6.35. The van der Waals surface area contributed by atoms with Gasteiger partial charge in [0.2, 0.25) is 10.0 Å². The Morgan fingerprint density at radius 1 is 1.19 bits per heavy atom. The highest BCUT2D eigenvalue weighted by Gasteiger charge is 2.23. The first-order valence-corrected chi connectivity index (χ1v) is 9.40. The summed E-state index contributed by atoms with van der Waals surface area (Å²) in [7, 11) is -1.94. The van der Waals surface area contributed by atoms with Crippen LogP contribution in [0.25, 0.3) is 0 Å². The molecule has 114 valence electrons. The van der Waals surface area contributed by atoms with Crippen molar-refractivity contribution in [2.45, 2.75) is 18.4 Å². The highest BCUT2D eigenvalue weighted by atomic mass is 79.9. The molecule has 2 aromatic rings. The Hall–Kier alpha value is -0.890. The third-order valence-corrected chi connectivity index (χ3v) is 6.55. The van der Waals surface area contributed by atoms with Crippen LogP contribution >= 0.6 is 27.3 Å². The normalized spacial score (nSPS) is 11.8. The van der Waals surface area contributed by atoms with Gasteiger partial charge in [0, 0.05) is 18.0 Å². The second-order valence-corrected chi connectivity index (χ2v) is 8.80. The summed E-state index contributed by atoms with van der Waals surface area (Å²) in [6, 6.07) is 10.3. The minimum atomic E-state index is -3.50. The molecule has 7 heteroatoms. The van der Waals surface area contributed by atoms with Crippen LogP contribution in [0.3, 0.4) is 0 Å². The van der Waals surface area contributed by atoms with E-state index in [4.69, 9.17) is 4.74 Å². The molecule has 0 aliphatic carbocycles. The minimum Gasteiger partial charge on any atom is -0.497 e. The summed E-state index contributed by atoms with van der Waals surface area (Å²) in [5.41, 5.74) is 0. The molecule has 0 bridgehead atoms. The van der Waals surface area contributed by atoms with Crippen molar-refractivity contribution >= 4 is 37.3 Å². The summed E-state index contributed by atoms with van der Waals surface area (Å²) in [6.07, 6.45) is 0. The number of hydrogen-bond acceptors (Lipinski definition) is 4. The van der Waals surface area contributed by atoms with Crippen molar-refractivity contribution in [3.05, 3.63) is 45.1 Å². The van der Waals surface area contributed by atoms with Crippen molar-refractivity contribution < 1.29 is 13.2 Å². The van der Waals surface area contributed by atoms with Crippen LogP contribution in [0.5, 0.6) is 5.75 Å². The first-order chi connectivity index (χ1) is 9.97. The molecule has 0 atom stereocenters. The van der Waals surface area contributed by atoms with Crippen molar-refractivity contribution in [2.24, 2.45) is 0 Å². The van der Waals surface area contributed by atoms with E-state index in [0.717, 1.165) is 8.66 Å². The predicted molar refractivity (Wildman–Crippen MR) is 88.3 cm³/mol. The quantitative estimate of drug-likeness (QED) is 0.755. The van der Waals surface area contributed by atoms with E-state index in [1.165, 1.54) is 15.6 Å². The largest absolute Gasteiger partial charge is 0.497 e. The van der Waals surface area contributed by atoms with Crippen LogP contribution in [0, 0.1) is 0 Å². The molecule has 0 saturated carbocycles. The van der Waals surface area contributed by atoms with E-state index < -0.39 is 10.0 Å². The van der Waals surface area contributed by atoms with Gasteiger partial charge in [0.25, 0.3) is 0 Å². The Balaban J connectivity index is 2.25. The standard InChI is InChI=1S/C14H16BrNO3S2/c1-3-16(10-12-6-9-14(15)20-12)21(17,18)13-7-4-11(19-2)5-8-13/h4-9H,3,10H2,1-2H3. The second kappa shape index (κ2) is 6.91. The summed E-state index contributed by atoms with van der Waals surface area (Å²) in [5.74, 6) is 0.638. The summed E-state index contributed by atoms with van der Waals surface area (Å²) in [5, 5.41) is 0. The van der Waals surface area contributed by atoms with Crippen LogP contribution in [0.1, 0.15) is 11.8 Å². The second-order valence-electron chi connectivity index (χ2n) is 4.31. The molecule has 0 aliphatic heterocycles. The van der Waals surface area contributed by atoms with Crippen molar-refractivity contribution in [2.75, 3.05) is 13.7 Å². The van der Waals surface area contributed by atoms with Gasteiger partial charge in [-0.25, -0.2) is 8.42 Å². The Bertz CT molecular complexity index is 695. The molecule has 0 amide bonds. The fourth-order valence-corrected chi connectivity index (χ4v) is 4.88. The first kappa shape index (κ1) is 16.5. The number of ether oxygens (including phenoxy) is 1. The lowest BCUT2D eigenvalue weighted by Gasteiger charge is -2.20. The molecule has 0 aliphatic rings. The zero-order valence-electron chi connectivity index (χ0n) is 11.7. The fourth-order valence-electron chi connectivity index (χ4n) is 1.87. The molecule has 0 radical (unpaired) electrons. The minimum absolute atomic E-state index is 0.278. The topological polar surface area (TPSA) is 46.6 Å². The van der Waals surface area contributed by atoms with Crippen molar-refractivity contribution in [1.29, 1.82) is 0 Å². The monoisotopic (exact) mass is 389 g/mol. The van der Waals surface area contributed by atoms with E-state index in [9.17, 15) is 8.42 Å². The van der Waals surface area contributed by atoms with Gasteiger partial charge >= 0.3 is 0 Å². The van der Waals surface area contributed by atoms with Gasteiger partial charge in [0.1, 0.15) is 5.75 Å². The maximum atomic E-state index is 12.7. The van der Waals surface area contributed by atoms with Crippen LogP contribution < -0.4 is 4.74 Å². The molecule has 1 aromatic heterocycles. The number of halogens is 1. The van der Waals surface area contributed by atoms with Crippen LogP contribution in [-0.4, -0.2) is 26.4 Å². The molecular weight excluding hydrogens is 374 g/mol. The maximum Gasteiger partial charge on any atom is 0.243 e. The maximum absolute atomic E-state index is 12.7. The van der Waals surface area contributed by atoms with E-state index >= 15 is 0 Å². The lowest BCUT2D eigenvalue weighted by Crippen LogP contribution is -2.30. The van der Waals surface area contributed by atoms with Crippen molar-refractivity contribution in [3.8, 4) is 5.75 Å². The van der Waals surface area contributed by atoms with Gasteiger partial charge in [-0.05, 0) is 52.3 Å². The molecule has 1 aromatic carbocycles. The highest BCUT2D eigenvalue weighted by Crippen LogP contribution is 2.26. The molecule has 0 unspecified atom stereocenters. The van der Waals surface area contributed by atoms with Crippen molar-refractivity contribution in [3.63, 3.8) is 0 Å². The molecule has 0 fully saturated rings.